The summed E-state index contributed by atoms with van der Waals surface area (Å²) in [5, 5.41) is 13.6. The van der Waals surface area contributed by atoms with E-state index in [4.69, 9.17) is 18.3 Å². The molecule has 7 heteroatoms. The molecule has 1 N–H and O–H groups in total. The predicted molar refractivity (Wildman–Crippen MR) is 227 cm³/mol. The summed E-state index contributed by atoms with van der Waals surface area (Å²) in [5.74, 6) is 1.17. The third-order valence-corrected chi connectivity index (χ3v) is 10.8. The Hall–Kier alpha value is -5.14. The summed E-state index contributed by atoms with van der Waals surface area (Å²) < 4.78 is 24.7. The maximum absolute atomic E-state index is 13.1. The van der Waals surface area contributed by atoms with Gasteiger partial charge in [0.05, 0.1) is 17.2 Å². The van der Waals surface area contributed by atoms with E-state index in [1.165, 1.54) is 0 Å². The average Bonchev–Trinajstić information content (AvgIpc) is 3.12. The molecule has 56 heavy (non-hydrogen) atoms. The molecule has 0 saturated carbocycles. The van der Waals surface area contributed by atoms with Gasteiger partial charge in [-0.3, -0.25) is 0 Å². The van der Waals surface area contributed by atoms with Gasteiger partial charge in [0.1, 0.15) is 33.9 Å². The highest BCUT2D eigenvalue weighted by atomic mass is 16.5. The van der Waals surface area contributed by atoms with Crippen molar-refractivity contribution in [3.05, 3.63) is 129 Å². The minimum absolute atomic E-state index is 0.386. The van der Waals surface area contributed by atoms with Gasteiger partial charge >= 0.3 is 11.3 Å². The van der Waals surface area contributed by atoms with Crippen molar-refractivity contribution in [3.63, 3.8) is 0 Å². The van der Waals surface area contributed by atoms with Crippen molar-refractivity contribution in [2.45, 2.75) is 112 Å². The molecule has 2 aromatic heterocycles. The van der Waals surface area contributed by atoms with Crippen molar-refractivity contribution in [2.24, 2.45) is 10.8 Å². The smallest absolute Gasteiger partial charge is 0.344 e. The van der Waals surface area contributed by atoms with Crippen LogP contribution in [0.25, 0.3) is 44.2 Å². The van der Waals surface area contributed by atoms with Crippen molar-refractivity contribution in [1.29, 1.82) is 0 Å². The Morgan fingerprint density at radius 2 is 0.911 bits per heavy atom. The highest BCUT2D eigenvalue weighted by Crippen LogP contribution is 2.45. The van der Waals surface area contributed by atoms with E-state index in [1.54, 1.807) is 12.1 Å². The van der Waals surface area contributed by atoms with Gasteiger partial charge in [0.15, 0.2) is 0 Å². The standard InChI is InChI=1S/C49H56O7/c1-11-31-17-13-15-19-37(31)39-25-33-21-23-35(27-41(33)53-43(39)50)55-48(7,8)29-46(3,4)45(52)47(5,6)30-49(9,10)56-36-24-22-34-26-40(44(51)54-42(34)28-36)38-20-16-14-18-32(38)12-2/h13-28,45,52H,11-12,29-30H2,1-10H3. The van der Waals surface area contributed by atoms with Gasteiger partial charge in [0.2, 0.25) is 0 Å². The Bertz CT molecular complexity index is 2310. The molecule has 0 aliphatic rings. The van der Waals surface area contributed by atoms with Gasteiger partial charge in [-0.05, 0) is 123 Å². The first-order valence-corrected chi connectivity index (χ1v) is 19.7. The summed E-state index contributed by atoms with van der Waals surface area (Å²) in [4.78, 5) is 26.3. The van der Waals surface area contributed by atoms with Gasteiger partial charge in [0, 0.05) is 22.9 Å². The molecule has 0 bridgehead atoms. The van der Waals surface area contributed by atoms with Crippen LogP contribution in [0.15, 0.2) is 115 Å². The molecule has 0 radical (unpaired) electrons. The summed E-state index contributed by atoms with van der Waals surface area (Å²) in [5.41, 5.74) is 2.73. The SMILES string of the molecule is CCc1ccccc1-c1cc2ccc(OC(C)(C)CC(C)(C)C(O)C(C)(C)CC(C)(C)Oc3ccc4cc(-c5ccccc5CC)c(=O)oc4c3)cc2oc1=O. The van der Waals surface area contributed by atoms with Crippen LogP contribution in [-0.2, 0) is 12.8 Å². The molecular weight excluding hydrogens is 701 g/mol. The molecule has 6 rings (SSSR count). The molecule has 0 unspecified atom stereocenters. The van der Waals surface area contributed by atoms with E-state index in [1.807, 2.05) is 113 Å². The zero-order chi connectivity index (χ0) is 40.6. The van der Waals surface area contributed by atoms with Gasteiger partial charge in [-0.1, -0.05) is 90.1 Å². The molecule has 0 fully saturated rings. The monoisotopic (exact) mass is 756 g/mol. The zero-order valence-corrected chi connectivity index (χ0v) is 34.5. The van der Waals surface area contributed by atoms with E-state index in [0.29, 0.717) is 46.6 Å². The number of rotatable bonds is 14. The predicted octanol–water partition coefficient (Wildman–Crippen LogP) is 11.6. The fraction of sp³-hybridized carbons (Fsp3) is 0.388. The summed E-state index contributed by atoms with van der Waals surface area (Å²) in [6, 6.07) is 30.7. The third-order valence-electron chi connectivity index (χ3n) is 10.8. The van der Waals surface area contributed by atoms with Crippen LogP contribution in [0, 0.1) is 10.8 Å². The minimum Gasteiger partial charge on any atom is -0.488 e. The second-order valence-electron chi connectivity index (χ2n) is 17.8. The molecule has 0 saturated heterocycles. The van der Waals surface area contributed by atoms with E-state index in [0.717, 1.165) is 45.9 Å². The lowest BCUT2D eigenvalue weighted by Crippen LogP contribution is -2.49. The van der Waals surface area contributed by atoms with Gasteiger partial charge in [-0.15, -0.1) is 0 Å². The van der Waals surface area contributed by atoms with Crippen molar-refractivity contribution in [3.8, 4) is 33.8 Å². The quantitative estimate of drug-likeness (QED) is 0.110. The van der Waals surface area contributed by atoms with Crippen molar-refractivity contribution >= 4 is 21.9 Å². The second kappa shape index (κ2) is 15.4. The molecule has 0 aliphatic carbocycles. The Morgan fingerprint density at radius 1 is 0.536 bits per heavy atom. The maximum atomic E-state index is 13.1. The second-order valence-corrected chi connectivity index (χ2v) is 17.8. The van der Waals surface area contributed by atoms with Crippen molar-refractivity contribution < 1.29 is 23.4 Å². The molecular formula is C49H56O7. The summed E-state index contributed by atoms with van der Waals surface area (Å²) in [6.07, 6.45) is 1.98. The zero-order valence-electron chi connectivity index (χ0n) is 34.5. The average molecular weight is 757 g/mol. The lowest BCUT2D eigenvalue weighted by molar-refractivity contribution is -0.0937. The molecule has 0 amide bonds. The molecule has 7 nitrogen and oxygen atoms in total. The van der Waals surface area contributed by atoms with Crippen LogP contribution >= 0.6 is 0 Å². The first kappa shape index (κ1) is 40.5. The number of aliphatic hydroxyl groups is 1. The Morgan fingerprint density at radius 3 is 1.29 bits per heavy atom. The number of benzene rings is 4. The third kappa shape index (κ3) is 8.79. The van der Waals surface area contributed by atoms with Crippen LogP contribution in [-0.4, -0.2) is 22.4 Å². The Labute approximate surface area is 330 Å². The van der Waals surface area contributed by atoms with Gasteiger partial charge in [-0.25, -0.2) is 9.59 Å². The van der Waals surface area contributed by atoms with Gasteiger partial charge in [0.25, 0.3) is 0 Å². The molecule has 4 aromatic carbocycles. The first-order valence-electron chi connectivity index (χ1n) is 19.7. The highest BCUT2D eigenvalue weighted by Gasteiger charge is 2.45. The summed E-state index contributed by atoms with van der Waals surface area (Å²) >= 11 is 0. The van der Waals surface area contributed by atoms with E-state index in [9.17, 15) is 14.7 Å². The van der Waals surface area contributed by atoms with E-state index in [2.05, 4.69) is 41.5 Å². The number of hydrogen-bond donors (Lipinski definition) is 1. The first-order chi connectivity index (χ1) is 26.3. The van der Waals surface area contributed by atoms with Gasteiger partial charge in [-0.2, -0.15) is 0 Å². The van der Waals surface area contributed by atoms with E-state index in [-0.39, 0.29) is 11.3 Å². The highest BCUT2D eigenvalue weighted by molar-refractivity contribution is 5.84. The summed E-state index contributed by atoms with van der Waals surface area (Å²) in [7, 11) is 0. The fourth-order valence-electron chi connectivity index (χ4n) is 9.02. The number of aliphatic hydroxyl groups excluding tert-OH is 1. The van der Waals surface area contributed by atoms with E-state index < -0.39 is 28.1 Å². The van der Waals surface area contributed by atoms with Crippen LogP contribution in [0.4, 0.5) is 0 Å². The molecule has 0 aliphatic heterocycles. The van der Waals surface area contributed by atoms with Gasteiger partial charge < -0.3 is 23.4 Å². The fourth-order valence-corrected chi connectivity index (χ4v) is 9.02. The number of hydrogen-bond acceptors (Lipinski definition) is 7. The Kier molecular flexibility index (Phi) is 11.2. The number of aryl methyl sites for hydroxylation is 2. The molecule has 6 aromatic rings. The van der Waals surface area contributed by atoms with Crippen LogP contribution in [0.1, 0.15) is 93.2 Å². The number of fused-ring (bicyclic) bond motifs is 2. The maximum Gasteiger partial charge on any atom is 0.344 e. The molecule has 0 spiro atoms. The van der Waals surface area contributed by atoms with E-state index >= 15 is 0 Å². The molecule has 2 heterocycles. The van der Waals surface area contributed by atoms with Crippen LogP contribution in [0.2, 0.25) is 0 Å². The minimum atomic E-state index is -0.723. The number of ether oxygens (including phenoxy) is 2. The van der Waals surface area contributed by atoms with Crippen LogP contribution in [0.5, 0.6) is 11.5 Å². The lowest BCUT2D eigenvalue weighted by atomic mass is 9.65. The normalized spacial score (nSPS) is 12.8. The topological polar surface area (TPSA) is 99.1 Å². The summed E-state index contributed by atoms with van der Waals surface area (Å²) in [6.45, 7) is 20.4. The molecule has 294 valence electrons. The van der Waals surface area contributed by atoms with Crippen molar-refractivity contribution in [2.75, 3.05) is 0 Å². The lowest BCUT2D eigenvalue weighted by Gasteiger charge is -2.46. The largest absolute Gasteiger partial charge is 0.488 e. The van der Waals surface area contributed by atoms with Crippen LogP contribution < -0.4 is 20.7 Å². The van der Waals surface area contributed by atoms with Crippen molar-refractivity contribution in [1.82, 2.24) is 0 Å². The Balaban J connectivity index is 1.13. The van der Waals surface area contributed by atoms with Crippen LogP contribution in [0.3, 0.4) is 0 Å². The molecule has 0 atom stereocenters.